The molecule has 0 aliphatic heterocycles. The third-order valence-corrected chi connectivity index (χ3v) is 4.36. The van der Waals surface area contributed by atoms with Crippen molar-refractivity contribution < 1.29 is 8.53 Å². The highest BCUT2D eigenvalue weighted by Gasteiger charge is 2.18. The Bertz CT molecular complexity index is 70.2. The fourth-order valence-electron chi connectivity index (χ4n) is 1.01. The van der Waals surface area contributed by atoms with Gasteiger partial charge in [-0.2, -0.15) is 0 Å². The van der Waals surface area contributed by atoms with Crippen molar-refractivity contribution in [1.82, 2.24) is 0 Å². The van der Waals surface area contributed by atoms with Crippen LogP contribution in [0, 0.1) is 0 Å². The average Bonchev–Trinajstić information content (AvgIpc) is 2.07. The molecule has 11 heavy (non-hydrogen) atoms. The maximum absolute atomic E-state index is 5.76. The predicted octanol–water partition coefficient (Wildman–Crippen LogP) is 2.42. The maximum atomic E-state index is 5.76. The number of ether oxygens (including phenoxy) is 1. The van der Waals surface area contributed by atoms with Crippen molar-refractivity contribution in [3.05, 3.63) is 0 Å². The van der Waals surface area contributed by atoms with Crippen LogP contribution in [0.1, 0.15) is 27.2 Å². The highest BCUT2D eigenvalue weighted by Crippen LogP contribution is 2.07. The van der Waals surface area contributed by atoms with Crippen LogP contribution >= 0.6 is 0 Å². The van der Waals surface area contributed by atoms with Gasteiger partial charge in [0.2, 0.25) is 0 Å². The summed E-state index contributed by atoms with van der Waals surface area (Å²) in [6.45, 7) is 6.48. The minimum Gasteiger partial charge on any atom is -0.478 e. The van der Waals surface area contributed by atoms with Crippen molar-refractivity contribution in [2.45, 2.75) is 44.0 Å². The first-order valence-corrected chi connectivity index (χ1v) is 6.57. The summed E-state index contributed by atoms with van der Waals surface area (Å²) in [6, 6.07) is 0. The summed E-state index contributed by atoms with van der Waals surface area (Å²) < 4.78 is 10.9. The van der Waals surface area contributed by atoms with Gasteiger partial charge in [0, 0.05) is 7.11 Å². The van der Waals surface area contributed by atoms with E-state index in [9.17, 15) is 0 Å². The lowest BCUT2D eigenvalue weighted by Crippen LogP contribution is -2.25. The molecule has 0 amide bonds. The fraction of sp³-hybridized carbons (Fsp3) is 1.00. The Morgan fingerprint density at radius 2 is 1.73 bits per heavy atom. The van der Waals surface area contributed by atoms with Crippen LogP contribution in [0.2, 0.25) is 10.6 Å². The van der Waals surface area contributed by atoms with Gasteiger partial charge < -0.3 is 8.53 Å². The molecule has 0 spiro atoms. The first kappa shape index (κ1) is 11.5. The molecule has 0 aromatic carbocycles. The Morgan fingerprint density at radius 3 is 2.00 bits per heavy atom. The van der Waals surface area contributed by atoms with E-state index in [0.29, 0.717) is 0 Å². The van der Waals surface area contributed by atoms with Gasteiger partial charge in [0.05, 0.1) is 0 Å². The SMILES string of the molecule is CCC(OC)[O][Al]([CH2]C)[CH2]C. The summed E-state index contributed by atoms with van der Waals surface area (Å²) in [4.78, 5) is 0. The first-order chi connectivity index (χ1) is 5.28. The molecule has 1 atom stereocenters. The number of methoxy groups -OCH3 is 1. The quantitative estimate of drug-likeness (QED) is 0.454. The van der Waals surface area contributed by atoms with Gasteiger partial charge in [-0.05, 0) is 6.42 Å². The summed E-state index contributed by atoms with van der Waals surface area (Å²) in [5.74, 6) is 0. The van der Waals surface area contributed by atoms with Crippen LogP contribution in [0.5, 0.6) is 0 Å². The smallest absolute Gasteiger partial charge is 0.462 e. The van der Waals surface area contributed by atoms with Gasteiger partial charge in [-0.1, -0.05) is 31.3 Å². The molecule has 0 aromatic rings. The monoisotopic (exact) mass is 174 g/mol. The minimum atomic E-state index is -0.910. The van der Waals surface area contributed by atoms with Crippen LogP contribution in [0.25, 0.3) is 0 Å². The van der Waals surface area contributed by atoms with Crippen LogP contribution in [0.4, 0.5) is 0 Å². The van der Waals surface area contributed by atoms with Gasteiger partial charge in [-0.15, -0.1) is 0 Å². The molecule has 1 unspecified atom stereocenters. The molecule has 0 aromatic heterocycles. The van der Waals surface area contributed by atoms with Gasteiger partial charge in [-0.25, -0.2) is 0 Å². The molecule has 0 bridgehead atoms. The zero-order chi connectivity index (χ0) is 8.69. The molecule has 0 heterocycles. The summed E-state index contributed by atoms with van der Waals surface area (Å²) in [7, 11) is 1.71. The van der Waals surface area contributed by atoms with Crippen molar-refractivity contribution in [2.24, 2.45) is 0 Å². The second-order valence-electron chi connectivity index (χ2n) is 2.65. The second kappa shape index (κ2) is 7.12. The molecule has 0 radical (unpaired) electrons. The maximum Gasteiger partial charge on any atom is 0.462 e. The van der Waals surface area contributed by atoms with E-state index >= 15 is 0 Å². The van der Waals surface area contributed by atoms with Gasteiger partial charge in [0.1, 0.15) is 6.29 Å². The van der Waals surface area contributed by atoms with E-state index in [1.807, 2.05) is 0 Å². The Hall–Kier alpha value is 0.452. The summed E-state index contributed by atoms with van der Waals surface area (Å²) in [5, 5.41) is 2.41. The largest absolute Gasteiger partial charge is 0.478 e. The molecule has 0 fully saturated rings. The van der Waals surface area contributed by atoms with Crippen molar-refractivity contribution in [3.8, 4) is 0 Å². The Kier molecular flexibility index (Phi) is 7.41. The van der Waals surface area contributed by atoms with E-state index in [2.05, 4.69) is 20.8 Å². The van der Waals surface area contributed by atoms with E-state index in [0.717, 1.165) is 6.42 Å². The fourth-order valence-corrected chi connectivity index (χ4v) is 2.71. The minimum absolute atomic E-state index is 0.0477. The van der Waals surface area contributed by atoms with Gasteiger partial charge in [0.25, 0.3) is 0 Å². The molecule has 0 N–H and O–H groups in total. The lowest BCUT2D eigenvalue weighted by molar-refractivity contribution is -0.0579. The lowest BCUT2D eigenvalue weighted by Gasteiger charge is -2.18. The van der Waals surface area contributed by atoms with Crippen LogP contribution in [-0.4, -0.2) is 27.9 Å². The highest BCUT2D eigenvalue weighted by atomic mass is 27.2. The zero-order valence-corrected chi connectivity index (χ0v) is 9.25. The topological polar surface area (TPSA) is 18.5 Å². The Balaban J connectivity index is 3.58. The van der Waals surface area contributed by atoms with Gasteiger partial charge in [0.15, 0.2) is 0 Å². The van der Waals surface area contributed by atoms with E-state index in [-0.39, 0.29) is 6.29 Å². The molecule has 2 nitrogen and oxygen atoms in total. The standard InChI is InChI=1S/C4H9O2.2C2H5.Al/c1-3-4(5)6-2;2*1-2;/h4H,3H2,1-2H3;2*1H2,2H3;/q-1;;;+1. The van der Waals surface area contributed by atoms with Crippen molar-refractivity contribution >= 4 is 14.5 Å². The van der Waals surface area contributed by atoms with Crippen molar-refractivity contribution in [1.29, 1.82) is 0 Å². The van der Waals surface area contributed by atoms with Crippen LogP contribution in [0.3, 0.4) is 0 Å². The van der Waals surface area contributed by atoms with Crippen molar-refractivity contribution in [3.63, 3.8) is 0 Å². The van der Waals surface area contributed by atoms with Gasteiger partial charge >= 0.3 is 14.5 Å². The normalized spacial score (nSPS) is 13.1. The van der Waals surface area contributed by atoms with Crippen molar-refractivity contribution in [2.75, 3.05) is 7.11 Å². The Labute approximate surface area is 74.6 Å². The lowest BCUT2D eigenvalue weighted by atomic mass is 10.5. The van der Waals surface area contributed by atoms with E-state index in [1.165, 1.54) is 10.6 Å². The average molecular weight is 174 g/mol. The molecule has 0 saturated heterocycles. The van der Waals surface area contributed by atoms with E-state index in [4.69, 9.17) is 8.53 Å². The van der Waals surface area contributed by atoms with Crippen LogP contribution in [-0.2, 0) is 8.53 Å². The third kappa shape index (κ3) is 4.82. The molecular formula is C8H19AlO2. The summed E-state index contributed by atoms with van der Waals surface area (Å²) in [6.07, 6.45) is 1.01. The second-order valence-corrected chi connectivity index (χ2v) is 5.80. The molecule has 0 rings (SSSR count). The number of hydrogen-bond donors (Lipinski definition) is 0. The molecule has 3 heteroatoms. The molecule has 0 aliphatic rings. The summed E-state index contributed by atoms with van der Waals surface area (Å²) in [5.41, 5.74) is 0. The van der Waals surface area contributed by atoms with Crippen LogP contribution in [0.15, 0.2) is 0 Å². The van der Waals surface area contributed by atoms with E-state index < -0.39 is 14.5 Å². The molecule has 66 valence electrons. The van der Waals surface area contributed by atoms with Crippen LogP contribution < -0.4 is 0 Å². The Morgan fingerprint density at radius 1 is 1.18 bits per heavy atom. The van der Waals surface area contributed by atoms with E-state index in [1.54, 1.807) is 7.11 Å². The molecule has 0 aliphatic carbocycles. The van der Waals surface area contributed by atoms with Gasteiger partial charge in [-0.3, -0.25) is 0 Å². The molecule has 0 saturated carbocycles. The predicted molar refractivity (Wildman–Crippen MR) is 48.9 cm³/mol. The summed E-state index contributed by atoms with van der Waals surface area (Å²) >= 11 is -0.910. The number of hydrogen-bond acceptors (Lipinski definition) is 2. The first-order valence-electron chi connectivity index (χ1n) is 4.46. The number of rotatable bonds is 6. The molecular weight excluding hydrogens is 155 g/mol. The third-order valence-electron chi connectivity index (χ3n) is 1.85. The zero-order valence-electron chi connectivity index (χ0n) is 8.09. The highest BCUT2D eigenvalue weighted by molar-refractivity contribution is 6.51.